The predicted molar refractivity (Wildman–Crippen MR) is 111 cm³/mol. The van der Waals surface area contributed by atoms with Crippen molar-refractivity contribution in [3.8, 4) is 5.75 Å². The lowest BCUT2D eigenvalue weighted by Gasteiger charge is -2.14. The van der Waals surface area contributed by atoms with Crippen LogP contribution < -0.4 is 10.1 Å². The average Bonchev–Trinajstić information content (AvgIpc) is 3.10. The highest BCUT2D eigenvalue weighted by molar-refractivity contribution is 8.00. The Bertz CT molecular complexity index is 915. The Hall–Kier alpha value is -2.09. The highest BCUT2D eigenvalue weighted by atomic mass is 35.5. The van der Waals surface area contributed by atoms with Crippen LogP contribution in [0.15, 0.2) is 52.9 Å². The molecule has 0 radical (unpaired) electrons. The summed E-state index contributed by atoms with van der Waals surface area (Å²) in [4.78, 5) is 12.3. The molecule has 0 bridgehead atoms. The summed E-state index contributed by atoms with van der Waals surface area (Å²) in [7, 11) is 0. The molecule has 140 valence electrons. The van der Waals surface area contributed by atoms with Gasteiger partial charge in [-0.1, -0.05) is 76.7 Å². The second kappa shape index (κ2) is 9.21. The molecule has 1 N–H and O–H groups in total. The van der Waals surface area contributed by atoms with E-state index in [2.05, 4.69) is 46.7 Å². The van der Waals surface area contributed by atoms with Gasteiger partial charge in [0.25, 0.3) is 5.91 Å². The first-order valence-electron chi connectivity index (χ1n) is 8.25. The molecule has 1 aromatic heterocycles. The summed E-state index contributed by atoms with van der Waals surface area (Å²) in [6.45, 7) is 3.72. The highest BCUT2D eigenvalue weighted by Crippen LogP contribution is 2.29. The summed E-state index contributed by atoms with van der Waals surface area (Å²) >= 11 is 8.97. The van der Waals surface area contributed by atoms with Gasteiger partial charge in [-0.25, -0.2) is 0 Å². The van der Waals surface area contributed by atoms with E-state index in [1.165, 1.54) is 22.5 Å². The normalized spacial score (nSPS) is 11.8. The molecule has 0 aliphatic rings. The molecule has 3 rings (SSSR count). The van der Waals surface area contributed by atoms with Crippen LogP contribution in [0.4, 0.5) is 5.13 Å². The smallest absolute Gasteiger partial charge is 0.266 e. The molecule has 0 saturated heterocycles. The van der Waals surface area contributed by atoms with Gasteiger partial charge >= 0.3 is 0 Å². The van der Waals surface area contributed by atoms with Gasteiger partial charge in [-0.15, -0.1) is 10.2 Å². The molecule has 2 aromatic carbocycles. The summed E-state index contributed by atoms with van der Waals surface area (Å²) in [6, 6.07) is 15.4. The Morgan fingerprint density at radius 3 is 2.70 bits per heavy atom. The van der Waals surface area contributed by atoms with Crippen molar-refractivity contribution in [2.75, 3.05) is 5.32 Å². The summed E-state index contributed by atoms with van der Waals surface area (Å²) in [5.41, 5.74) is 2.45. The van der Waals surface area contributed by atoms with E-state index in [4.69, 9.17) is 16.3 Å². The van der Waals surface area contributed by atoms with Crippen LogP contribution in [-0.2, 0) is 10.5 Å². The first-order chi connectivity index (χ1) is 13.0. The Kier molecular flexibility index (Phi) is 6.71. The predicted octanol–water partition coefficient (Wildman–Crippen LogP) is 5.20. The van der Waals surface area contributed by atoms with Crippen molar-refractivity contribution in [3.63, 3.8) is 0 Å². The number of benzene rings is 2. The molecule has 27 heavy (non-hydrogen) atoms. The quantitative estimate of drug-likeness (QED) is 0.421. The number of rotatable bonds is 7. The number of carbonyl (C=O) groups is 1. The standard InChI is InChI=1S/C19H18ClN3O2S2/c1-12-7-9-14(10-8-12)11-26-19-23-22-18(27-19)21-17(24)13(2)25-16-6-4-3-5-15(16)20/h3-10,13H,11H2,1-2H3,(H,21,22,24). The number of nitrogens with one attached hydrogen (secondary N) is 1. The van der Waals surface area contributed by atoms with E-state index in [1.54, 1.807) is 43.0 Å². The van der Waals surface area contributed by atoms with E-state index in [0.29, 0.717) is 15.9 Å². The summed E-state index contributed by atoms with van der Waals surface area (Å²) in [5, 5.41) is 11.8. The number of hydrogen-bond acceptors (Lipinski definition) is 6. The zero-order valence-corrected chi connectivity index (χ0v) is 17.2. The van der Waals surface area contributed by atoms with Gasteiger partial charge in [0.05, 0.1) is 5.02 Å². The van der Waals surface area contributed by atoms with Gasteiger partial charge in [-0.2, -0.15) is 0 Å². The van der Waals surface area contributed by atoms with Crippen molar-refractivity contribution in [2.24, 2.45) is 0 Å². The van der Waals surface area contributed by atoms with Crippen LogP contribution in [-0.4, -0.2) is 22.2 Å². The zero-order chi connectivity index (χ0) is 19.2. The molecule has 0 spiro atoms. The zero-order valence-electron chi connectivity index (χ0n) is 14.8. The van der Waals surface area contributed by atoms with Crippen molar-refractivity contribution in [2.45, 2.75) is 30.0 Å². The fourth-order valence-corrected chi connectivity index (χ4v) is 4.03. The summed E-state index contributed by atoms with van der Waals surface area (Å²) in [5.74, 6) is 0.962. The van der Waals surface area contributed by atoms with Crippen LogP contribution in [0.5, 0.6) is 5.75 Å². The number of nitrogens with zero attached hydrogens (tertiary/aromatic N) is 2. The molecule has 1 unspecified atom stereocenters. The number of aryl methyl sites for hydroxylation is 1. The highest BCUT2D eigenvalue weighted by Gasteiger charge is 2.18. The van der Waals surface area contributed by atoms with Crippen molar-refractivity contribution < 1.29 is 9.53 Å². The Balaban J connectivity index is 1.52. The van der Waals surface area contributed by atoms with Crippen molar-refractivity contribution in [1.82, 2.24) is 10.2 Å². The molecular formula is C19H18ClN3O2S2. The summed E-state index contributed by atoms with van der Waals surface area (Å²) in [6.07, 6.45) is -0.711. The third kappa shape index (κ3) is 5.69. The Labute approximate surface area is 171 Å². The average molecular weight is 420 g/mol. The fourth-order valence-electron chi connectivity index (χ4n) is 2.14. The van der Waals surface area contributed by atoms with Gasteiger partial charge in [0.15, 0.2) is 10.4 Å². The van der Waals surface area contributed by atoms with Crippen molar-refractivity contribution in [1.29, 1.82) is 0 Å². The van der Waals surface area contributed by atoms with Crippen LogP contribution >= 0.6 is 34.7 Å². The third-order valence-electron chi connectivity index (χ3n) is 3.63. The topological polar surface area (TPSA) is 64.1 Å². The minimum absolute atomic E-state index is 0.304. The van der Waals surface area contributed by atoms with Crippen LogP contribution in [0.3, 0.4) is 0 Å². The largest absolute Gasteiger partial charge is 0.479 e. The number of para-hydroxylation sites is 1. The molecule has 8 heteroatoms. The van der Waals surface area contributed by atoms with E-state index in [1.807, 2.05) is 0 Å². The molecule has 1 heterocycles. The second-order valence-electron chi connectivity index (χ2n) is 5.83. The molecule has 0 aliphatic carbocycles. The van der Waals surface area contributed by atoms with Crippen molar-refractivity contribution >= 4 is 45.7 Å². The lowest BCUT2D eigenvalue weighted by molar-refractivity contribution is -0.122. The van der Waals surface area contributed by atoms with Gasteiger partial charge in [-0.3, -0.25) is 10.1 Å². The Morgan fingerprint density at radius 2 is 1.96 bits per heavy atom. The maximum absolute atomic E-state index is 12.3. The Morgan fingerprint density at radius 1 is 1.22 bits per heavy atom. The van der Waals surface area contributed by atoms with Gasteiger partial charge in [0.1, 0.15) is 5.75 Å². The number of hydrogen-bond donors (Lipinski definition) is 1. The lowest BCUT2D eigenvalue weighted by Crippen LogP contribution is -2.30. The van der Waals surface area contributed by atoms with E-state index < -0.39 is 6.10 Å². The maximum Gasteiger partial charge on any atom is 0.266 e. The molecule has 0 fully saturated rings. The van der Waals surface area contributed by atoms with E-state index in [9.17, 15) is 4.79 Å². The van der Waals surface area contributed by atoms with Gasteiger partial charge < -0.3 is 4.74 Å². The van der Waals surface area contributed by atoms with Crippen LogP contribution in [0.1, 0.15) is 18.1 Å². The summed E-state index contributed by atoms with van der Waals surface area (Å²) < 4.78 is 6.40. The molecule has 3 aromatic rings. The molecule has 1 atom stereocenters. The number of thioether (sulfide) groups is 1. The number of anilines is 1. The number of amides is 1. The van der Waals surface area contributed by atoms with E-state index >= 15 is 0 Å². The maximum atomic E-state index is 12.3. The number of ether oxygens (including phenoxy) is 1. The lowest BCUT2D eigenvalue weighted by atomic mass is 10.2. The van der Waals surface area contributed by atoms with Crippen LogP contribution in [0, 0.1) is 6.92 Å². The minimum Gasteiger partial charge on any atom is -0.479 e. The van der Waals surface area contributed by atoms with Crippen molar-refractivity contribution in [3.05, 3.63) is 64.7 Å². The molecule has 1 amide bonds. The minimum atomic E-state index is -0.711. The van der Waals surface area contributed by atoms with E-state index in [0.717, 1.165) is 10.1 Å². The van der Waals surface area contributed by atoms with Gasteiger partial charge in [0.2, 0.25) is 5.13 Å². The fraction of sp³-hybridized carbons (Fsp3) is 0.211. The number of carbonyl (C=O) groups excluding carboxylic acids is 1. The molecule has 5 nitrogen and oxygen atoms in total. The van der Waals surface area contributed by atoms with Gasteiger partial charge in [-0.05, 0) is 31.5 Å². The first kappa shape index (κ1) is 19.7. The van der Waals surface area contributed by atoms with Crippen LogP contribution in [0.25, 0.3) is 0 Å². The number of aromatic nitrogens is 2. The van der Waals surface area contributed by atoms with E-state index in [-0.39, 0.29) is 5.91 Å². The van der Waals surface area contributed by atoms with Crippen LogP contribution in [0.2, 0.25) is 5.02 Å². The third-order valence-corrected chi connectivity index (χ3v) is 5.98. The molecular weight excluding hydrogens is 402 g/mol. The van der Waals surface area contributed by atoms with Gasteiger partial charge in [0, 0.05) is 5.75 Å². The molecule has 0 saturated carbocycles. The molecule has 0 aliphatic heterocycles. The second-order valence-corrected chi connectivity index (χ2v) is 8.43. The SMILES string of the molecule is Cc1ccc(CSc2nnc(NC(=O)C(C)Oc3ccccc3Cl)s2)cc1. The number of halogens is 1. The monoisotopic (exact) mass is 419 g/mol. The first-order valence-corrected chi connectivity index (χ1v) is 10.4.